The molecule has 7 nitrogen and oxygen atoms in total. The second-order valence-electron chi connectivity index (χ2n) is 8.22. The van der Waals surface area contributed by atoms with Gasteiger partial charge in [-0.3, -0.25) is 4.90 Å². The molecule has 2 N–H and O–H groups in total. The zero-order chi connectivity index (χ0) is 22.6. The van der Waals surface area contributed by atoms with Gasteiger partial charge < -0.3 is 15.4 Å². The van der Waals surface area contributed by atoms with Gasteiger partial charge in [0.2, 0.25) is 5.96 Å². The van der Waals surface area contributed by atoms with Gasteiger partial charge in [0.1, 0.15) is 17.3 Å². The lowest BCUT2D eigenvalue weighted by Crippen LogP contribution is -2.39. The van der Waals surface area contributed by atoms with Crippen molar-refractivity contribution in [1.29, 1.82) is 0 Å². The first-order valence-corrected chi connectivity index (χ1v) is 12.4. The summed E-state index contributed by atoms with van der Waals surface area (Å²) < 4.78 is 34.2. The summed E-state index contributed by atoms with van der Waals surface area (Å²) in [4.78, 5) is 4.30. The van der Waals surface area contributed by atoms with Crippen LogP contribution < -0.4 is 15.4 Å². The van der Waals surface area contributed by atoms with Crippen molar-refractivity contribution < 1.29 is 13.2 Å². The molecular formula is C24H30N4O3S. The predicted molar refractivity (Wildman–Crippen MR) is 128 cm³/mol. The van der Waals surface area contributed by atoms with Crippen molar-refractivity contribution in [1.82, 2.24) is 4.90 Å². The van der Waals surface area contributed by atoms with E-state index < -0.39 is 10.0 Å². The third-order valence-electron chi connectivity index (χ3n) is 5.86. The number of rotatable bonds is 7. The average Bonchev–Trinajstić information content (AvgIpc) is 2.78. The molecule has 0 atom stereocenters. The molecule has 0 aromatic heterocycles. The van der Waals surface area contributed by atoms with Crippen LogP contribution in [0, 0.1) is 0 Å². The number of allylic oxidation sites excluding steroid dienone is 1. The lowest BCUT2D eigenvalue weighted by molar-refractivity contribution is 0.220. The van der Waals surface area contributed by atoms with Crippen molar-refractivity contribution in [2.75, 3.05) is 31.6 Å². The van der Waals surface area contributed by atoms with Crippen molar-refractivity contribution in [3.63, 3.8) is 0 Å². The predicted octanol–water partition coefficient (Wildman–Crippen LogP) is 3.30. The van der Waals surface area contributed by atoms with Gasteiger partial charge in [-0.05, 0) is 61.7 Å². The maximum atomic E-state index is 12.3. The molecule has 2 aliphatic heterocycles. The Morgan fingerprint density at radius 3 is 2.69 bits per heavy atom. The molecule has 2 aromatic rings. The monoisotopic (exact) mass is 454 g/mol. The number of nitrogens with two attached hydrogens (primary N) is 1. The van der Waals surface area contributed by atoms with Gasteiger partial charge >= 0.3 is 0 Å². The molecule has 32 heavy (non-hydrogen) atoms. The molecule has 4 rings (SSSR count). The number of piperidine rings is 1. The van der Waals surface area contributed by atoms with Crippen LogP contribution in [-0.2, 0) is 23.0 Å². The number of para-hydroxylation sites is 1. The lowest BCUT2D eigenvalue weighted by Gasteiger charge is -2.26. The third kappa shape index (κ3) is 5.14. The number of nitrogens with zero attached hydrogens (tertiary/aromatic N) is 3. The van der Waals surface area contributed by atoms with E-state index in [9.17, 15) is 8.42 Å². The molecule has 0 radical (unpaired) electrons. The smallest absolute Gasteiger partial charge is 0.287 e. The number of ether oxygens (including phenoxy) is 1. The molecular weight excluding hydrogens is 424 g/mol. The van der Waals surface area contributed by atoms with E-state index in [0.717, 1.165) is 17.9 Å². The molecule has 2 heterocycles. The van der Waals surface area contributed by atoms with E-state index in [1.165, 1.54) is 37.9 Å². The van der Waals surface area contributed by atoms with Gasteiger partial charge in [-0.15, -0.1) is 4.40 Å². The van der Waals surface area contributed by atoms with Crippen LogP contribution in [0.5, 0.6) is 5.75 Å². The Bertz CT molecular complexity index is 1120. The quantitative estimate of drug-likeness (QED) is 0.646. The fourth-order valence-corrected chi connectivity index (χ4v) is 5.43. The van der Waals surface area contributed by atoms with E-state index in [1.54, 1.807) is 24.1 Å². The van der Waals surface area contributed by atoms with E-state index in [2.05, 4.69) is 21.4 Å². The second kappa shape index (κ2) is 9.75. The molecule has 0 bridgehead atoms. The average molecular weight is 455 g/mol. The summed E-state index contributed by atoms with van der Waals surface area (Å²) in [5.74, 6) is 0.831. The Kier molecular flexibility index (Phi) is 6.81. The van der Waals surface area contributed by atoms with Crippen molar-refractivity contribution in [3.05, 3.63) is 65.7 Å². The molecule has 1 saturated heterocycles. The zero-order valence-corrected chi connectivity index (χ0v) is 19.2. The molecule has 170 valence electrons. The molecule has 2 aliphatic rings. The summed E-state index contributed by atoms with van der Waals surface area (Å²) in [7, 11) is -2.04. The van der Waals surface area contributed by atoms with Crippen molar-refractivity contribution in [2.24, 2.45) is 10.1 Å². The summed E-state index contributed by atoms with van der Waals surface area (Å²) in [6.45, 7) is 3.75. The number of sulfonamides is 1. The largest absolute Gasteiger partial charge is 0.490 e. The highest BCUT2D eigenvalue weighted by Gasteiger charge is 2.29. The Labute approximate surface area is 190 Å². The lowest BCUT2D eigenvalue weighted by atomic mass is 10.1. The van der Waals surface area contributed by atoms with Crippen molar-refractivity contribution in [2.45, 2.75) is 37.1 Å². The molecule has 0 aliphatic carbocycles. The standard InChI is InChI=1S/C24H30N4O3S/c1-27-23-20(11-8-13-22(23)32(29,30)26-24(27)25)10-3-6-16-31-21-12-7-9-19(17-21)18-28-14-4-2-5-15-28/h3,6-9,11-13,17H,2,4-5,10,14-16,18H2,1H3,(H2,25,26)/b6-3-. The van der Waals surface area contributed by atoms with Crippen LogP contribution in [0.3, 0.4) is 0 Å². The fourth-order valence-electron chi connectivity index (χ4n) is 4.20. The Morgan fingerprint density at radius 2 is 1.88 bits per heavy atom. The minimum Gasteiger partial charge on any atom is -0.490 e. The summed E-state index contributed by atoms with van der Waals surface area (Å²) in [5, 5.41) is 0. The Hall–Kier alpha value is -2.84. The zero-order valence-electron chi connectivity index (χ0n) is 18.4. The summed E-state index contributed by atoms with van der Waals surface area (Å²) in [5.41, 5.74) is 8.52. The van der Waals surface area contributed by atoms with Gasteiger partial charge in [0, 0.05) is 13.6 Å². The van der Waals surface area contributed by atoms with Gasteiger partial charge in [-0.1, -0.05) is 42.8 Å². The van der Waals surface area contributed by atoms with E-state index >= 15 is 0 Å². The van der Waals surface area contributed by atoms with Crippen LogP contribution in [0.15, 0.2) is 63.9 Å². The number of anilines is 1. The van der Waals surface area contributed by atoms with Gasteiger partial charge in [-0.2, -0.15) is 8.42 Å². The van der Waals surface area contributed by atoms with E-state index in [1.807, 2.05) is 30.4 Å². The first kappa shape index (κ1) is 22.4. The second-order valence-corrected chi connectivity index (χ2v) is 9.79. The highest BCUT2D eigenvalue weighted by molar-refractivity contribution is 7.90. The van der Waals surface area contributed by atoms with Crippen LogP contribution in [0.4, 0.5) is 5.69 Å². The highest BCUT2D eigenvalue weighted by Crippen LogP contribution is 2.33. The molecule has 8 heteroatoms. The number of benzene rings is 2. The van der Waals surface area contributed by atoms with Gasteiger partial charge in [0.25, 0.3) is 10.0 Å². The van der Waals surface area contributed by atoms with Crippen LogP contribution >= 0.6 is 0 Å². The van der Waals surface area contributed by atoms with Crippen molar-refractivity contribution in [3.8, 4) is 5.75 Å². The first-order chi connectivity index (χ1) is 15.4. The molecule has 1 fully saturated rings. The SMILES string of the molecule is CN1C(N)=NS(=O)(=O)c2cccc(C/C=C\COc3cccc(CN4CCCCC4)c3)c21. The topological polar surface area (TPSA) is 88.2 Å². The highest BCUT2D eigenvalue weighted by atomic mass is 32.2. The fraction of sp³-hybridized carbons (Fsp3) is 0.375. The van der Waals surface area contributed by atoms with Crippen molar-refractivity contribution >= 4 is 21.7 Å². The number of hydrogen-bond acceptors (Lipinski definition) is 6. The van der Waals surface area contributed by atoms with E-state index in [4.69, 9.17) is 10.5 Å². The minimum absolute atomic E-state index is 0.0262. The summed E-state index contributed by atoms with van der Waals surface area (Å²) >= 11 is 0. The molecule has 0 spiro atoms. The summed E-state index contributed by atoms with van der Waals surface area (Å²) in [6.07, 6.45) is 8.40. The molecule has 0 saturated carbocycles. The van der Waals surface area contributed by atoms with E-state index in [-0.39, 0.29) is 10.9 Å². The molecule has 2 aromatic carbocycles. The van der Waals surface area contributed by atoms with Gasteiger partial charge in [0.05, 0.1) is 5.69 Å². The minimum atomic E-state index is -3.76. The maximum absolute atomic E-state index is 12.3. The Balaban J connectivity index is 1.35. The van der Waals surface area contributed by atoms with Crippen LogP contribution in [0.1, 0.15) is 30.4 Å². The third-order valence-corrected chi connectivity index (χ3v) is 7.17. The van der Waals surface area contributed by atoms with Crippen LogP contribution in [0.2, 0.25) is 0 Å². The molecule has 0 amide bonds. The van der Waals surface area contributed by atoms with Crippen LogP contribution in [-0.4, -0.2) is 46.0 Å². The number of fused-ring (bicyclic) bond motifs is 1. The maximum Gasteiger partial charge on any atom is 0.287 e. The van der Waals surface area contributed by atoms with E-state index in [0.29, 0.717) is 18.7 Å². The molecule has 0 unspecified atom stereocenters. The van der Waals surface area contributed by atoms with Crippen LogP contribution in [0.25, 0.3) is 0 Å². The van der Waals surface area contributed by atoms with Gasteiger partial charge in [-0.25, -0.2) is 0 Å². The normalized spacial score (nSPS) is 18.4. The number of likely N-dealkylation sites (tertiary alicyclic amines) is 1. The number of guanidine groups is 1. The first-order valence-electron chi connectivity index (χ1n) is 11.0. The van der Waals surface area contributed by atoms with Gasteiger partial charge in [0.15, 0.2) is 0 Å². The summed E-state index contributed by atoms with van der Waals surface area (Å²) in [6, 6.07) is 13.5. The number of hydrogen-bond donors (Lipinski definition) is 1. The Morgan fingerprint density at radius 1 is 1.09 bits per heavy atom.